The quantitative estimate of drug-likeness (QED) is 0.109. The molecule has 0 aliphatic heterocycles. The number of carbonyl (C=O) groups excluding carboxylic acids is 3. The Morgan fingerprint density at radius 1 is 0.933 bits per heavy atom. The van der Waals surface area contributed by atoms with Crippen LogP contribution in [0.3, 0.4) is 0 Å². The smallest absolute Gasteiger partial charge is 0.326 e. The summed E-state index contributed by atoms with van der Waals surface area (Å²) in [6, 6.07) is -4.54. The van der Waals surface area contributed by atoms with Gasteiger partial charge in [-0.05, 0) is 38.6 Å². The monoisotopic (exact) mass is 449 g/mol. The molecule has 3 amide bonds. The van der Waals surface area contributed by atoms with Crippen LogP contribution in [0.15, 0.2) is 0 Å². The lowest BCUT2D eigenvalue weighted by Gasteiger charge is -2.26. The first-order valence-corrected chi connectivity index (χ1v) is 10.5. The zero-order valence-corrected chi connectivity index (χ0v) is 18.5. The van der Waals surface area contributed by atoms with Crippen molar-refractivity contribution in [3.05, 3.63) is 0 Å². The van der Waals surface area contributed by atoms with E-state index in [1.165, 1.54) is 6.92 Å². The Labute approximate surface area is 182 Å². The van der Waals surface area contributed by atoms with Crippen molar-refractivity contribution < 1.29 is 29.4 Å². The number of thiol groups is 1. The first-order chi connectivity index (χ1) is 14.0. The molecule has 0 spiro atoms. The van der Waals surface area contributed by atoms with Gasteiger partial charge < -0.3 is 37.6 Å². The van der Waals surface area contributed by atoms with Crippen molar-refractivity contribution in [1.29, 1.82) is 0 Å². The molecule has 0 rings (SSSR count). The zero-order valence-electron chi connectivity index (χ0n) is 17.6. The maximum atomic E-state index is 12.5. The fourth-order valence-electron chi connectivity index (χ4n) is 2.44. The Morgan fingerprint density at radius 3 is 1.93 bits per heavy atom. The third-order valence-electron chi connectivity index (χ3n) is 4.46. The first kappa shape index (κ1) is 28.1. The van der Waals surface area contributed by atoms with Gasteiger partial charge in [-0.1, -0.05) is 13.8 Å². The molecule has 0 aromatic rings. The van der Waals surface area contributed by atoms with Gasteiger partial charge in [0.2, 0.25) is 17.7 Å². The van der Waals surface area contributed by atoms with Crippen molar-refractivity contribution >= 4 is 36.3 Å². The van der Waals surface area contributed by atoms with Crippen LogP contribution in [-0.4, -0.2) is 76.5 Å². The number of rotatable bonds is 14. The van der Waals surface area contributed by atoms with Gasteiger partial charge in [0.25, 0.3) is 0 Å². The Morgan fingerprint density at radius 2 is 1.50 bits per heavy atom. The molecule has 0 saturated heterocycles. The summed E-state index contributed by atoms with van der Waals surface area (Å²) < 4.78 is 0. The van der Waals surface area contributed by atoms with Gasteiger partial charge in [0, 0.05) is 5.75 Å². The molecule has 174 valence electrons. The molecule has 0 saturated carbocycles. The van der Waals surface area contributed by atoms with Gasteiger partial charge in [0.15, 0.2) is 0 Å². The highest BCUT2D eigenvalue weighted by molar-refractivity contribution is 7.80. The van der Waals surface area contributed by atoms with Crippen molar-refractivity contribution in [1.82, 2.24) is 16.0 Å². The summed E-state index contributed by atoms with van der Waals surface area (Å²) in [7, 11) is 0. The molecular weight excluding hydrogens is 414 g/mol. The number of unbranched alkanes of at least 4 members (excludes halogenated alkanes) is 1. The van der Waals surface area contributed by atoms with Gasteiger partial charge in [-0.2, -0.15) is 12.6 Å². The van der Waals surface area contributed by atoms with E-state index in [1.54, 1.807) is 13.8 Å². The SMILES string of the molecule is CC(C)C(N)C(=O)NC(C(=O)NC(CS)C(=O)NC(CCCCN)C(=O)O)C(C)O. The van der Waals surface area contributed by atoms with Gasteiger partial charge in [-0.3, -0.25) is 14.4 Å². The zero-order chi connectivity index (χ0) is 23.4. The van der Waals surface area contributed by atoms with E-state index in [0.29, 0.717) is 19.4 Å². The van der Waals surface area contributed by atoms with Crippen molar-refractivity contribution in [3.8, 4) is 0 Å². The number of hydrogen-bond acceptors (Lipinski definition) is 8. The van der Waals surface area contributed by atoms with E-state index in [9.17, 15) is 29.4 Å². The number of carbonyl (C=O) groups is 4. The second-order valence-electron chi connectivity index (χ2n) is 7.42. The number of aliphatic hydroxyl groups excluding tert-OH is 1. The highest BCUT2D eigenvalue weighted by Gasteiger charge is 2.32. The molecule has 0 bridgehead atoms. The summed E-state index contributed by atoms with van der Waals surface area (Å²) in [5, 5.41) is 26.3. The van der Waals surface area contributed by atoms with Gasteiger partial charge in [-0.15, -0.1) is 0 Å². The lowest BCUT2D eigenvalue weighted by Crippen LogP contribution is -2.60. The van der Waals surface area contributed by atoms with E-state index in [0.717, 1.165) is 0 Å². The van der Waals surface area contributed by atoms with Gasteiger partial charge in [0.05, 0.1) is 12.1 Å². The summed E-state index contributed by atoms with van der Waals surface area (Å²) in [5.41, 5.74) is 11.1. The maximum absolute atomic E-state index is 12.5. The Kier molecular flexibility index (Phi) is 13.3. The van der Waals surface area contributed by atoms with E-state index >= 15 is 0 Å². The number of carboxylic acids is 1. The maximum Gasteiger partial charge on any atom is 0.326 e. The highest BCUT2D eigenvalue weighted by Crippen LogP contribution is 2.04. The van der Waals surface area contributed by atoms with E-state index in [4.69, 9.17) is 11.5 Å². The van der Waals surface area contributed by atoms with Crippen LogP contribution in [0.25, 0.3) is 0 Å². The minimum atomic E-state index is -1.35. The number of aliphatic hydroxyl groups is 1. The number of hydrogen-bond donors (Lipinski definition) is 8. The number of amides is 3. The van der Waals surface area contributed by atoms with E-state index in [-0.39, 0.29) is 18.1 Å². The Bertz CT molecular complexity index is 589. The number of nitrogens with two attached hydrogens (primary N) is 2. The second-order valence-corrected chi connectivity index (χ2v) is 7.79. The van der Waals surface area contributed by atoms with Crippen LogP contribution >= 0.6 is 12.6 Å². The average molecular weight is 450 g/mol. The summed E-state index contributed by atoms with van der Waals surface area (Å²) >= 11 is 4.03. The third-order valence-corrected chi connectivity index (χ3v) is 4.83. The molecule has 0 aliphatic rings. The molecule has 0 fully saturated rings. The summed E-state index contributed by atoms with van der Waals surface area (Å²) in [6.07, 6.45) is 0.0451. The largest absolute Gasteiger partial charge is 0.480 e. The topological polar surface area (TPSA) is 197 Å². The second kappa shape index (κ2) is 14.2. The van der Waals surface area contributed by atoms with Crippen molar-refractivity contribution in [2.75, 3.05) is 12.3 Å². The van der Waals surface area contributed by atoms with Gasteiger partial charge in [-0.25, -0.2) is 4.79 Å². The van der Waals surface area contributed by atoms with Crippen LogP contribution in [0.1, 0.15) is 40.0 Å². The predicted molar refractivity (Wildman–Crippen MR) is 115 cm³/mol. The third kappa shape index (κ3) is 9.74. The normalized spacial score (nSPS) is 16.1. The van der Waals surface area contributed by atoms with E-state index in [2.05, 4.69) is 28.6 Å². The molecule has 9 N–H and O–H groups in total. The Hall–Kier alpha value is -1.89. The number of carboxylic acid groups (broad SMARTS) is 1. The summed E-state index contributed by atoms with van der Waals surface area (Å²) in [5.74, 6) is -3.71. The van der Waals surface area contributed by atoms with Gasteiger partial charge >= 0.3 is 5.97 Å². The number of aliphatic carboxylic acids is 1. The fraction of sp³-hybridized carbons (Fsp3) is 0.778. The molecule has 0 radical (unpaired) electrons. The molecule has 30 heavy (non-hydrogen) atoms. The van der Waals surface area contributed by atoms with E-state index in [1.807, 2.05) is 0 Å². The average Bonchev–Trinajstić information content (AvgIpc) is 2.67. The Balaban J connectivity index is 5.11. The molecular formula is C18H35N5O6S. The first-order valence-electron chi connectivity index (χ1n) is 9.84. The molecule has 5 unspecified atom stereocenters. The summed E-state index contributed by atoms with van der Waals surface area (Å²) in [4.78, 5) is 48.5. The lowest BCUT2D eigenvalue weighted by atomic mass is 10.0. The van der Waals surface area contributed by atoms with Crippen LogP contribution in [0.5, 0.6) is 0 Å². The minimum Gasteiger partial charge on any atom is -0.480 e. The molecule has 0 aliphatic carbocycles. The summed E-state index contributed by atoms with van der Waals surface area (Å²) in [6.45, 7) is 5.17. The van der Waals surface area contributed by atoms with Crippen molar-refractivity contribution in [2.45, 2.75) is 70.3 Å². The highest BCUT2D eigenvalue weighted by atomic mass is 32.1. The lowest BCUT2D eigenvalue weighted by molar-refractivity contribution is -0.142. The molecule has 0 aromatic carbocycles. The molecule has 11 nitrogen and oxygen atoms in total. The van der Waals surface area contributed by atoms with Crippen LogP contribution < -0.4 is 27.4 Å². The number of nitrogens with one attached hydrogen (secondary N) is 3. The van der Waals surface area contributed by atoms with Crippen molar-refractivity contribution in [3.63, 3.8) is 0 Å². The molecule has 0 heterocycles. The molecule has 0 aromatic heterocycles. The van der Waals surface area contributed by atoms with Crippen LogP contribution in [0.2, 0.25) is 0 Å². The minimum absolute atomic E-state index is 0.126. The predicted octanol–water partition coefficient (Wildman–Crippen LogP) is -2.05. The standard InChI is InChI=1S/C18H35N5O6S/c1-9(2)13(20)16(26)23-14(10(3)24)17(27)22-12(8-30)15(25)21-11(18(28)29)6-4-5-7-19/h9-14,24,30H,4-8,19-20H2,1-3H3,(H,21,25)(H,22,27)(H,23,26)(H,28,29). The van der Waals surface area contributed by atoms with E-state index < -0.39 is 54.0 Å². The van der Waals surface area contributed by atoms with Gasteiger partial charge in [0.1, 0.15) is 18.1 Å². The van der Waals surface area contributed by atoms with Crippen LogP contribution in [0.4, 0.5) is 0 Å². The van der Waals surface area contributed by atoms with Crippen molar-refractivity contribution in [2.24, 2.45) is 17.4 Å². The fourth-order valence-corrected chi connectivity index (χ4v) is 2.69. The van der Waals surface area contributed by atoms with Crippen LogP contribution in [-0.2, 0) is 19.2 Å². The molecule has 5 atom stereocenters. The molecule has 12 heteroatoms. The van der Waals surface area contributed by atoms with Crippen LogP contribution in [0, 0.1) is 5.92 Å².